The average Bonchev–Trinajstić information content (AvgIpc) is 3.04. The van der Waals surface area contributed by atoms with Crippen molar-refractivity contribution in [3.8, 4) is 0 Å². The van der Waals surface area contributed by atoms with Gasteiger partial charge in [0.1, 0.15) is 5.82 Å². The van der Waals surface area contributed by atoms with E-state index in [1.165, 1.54) is 68.3 Å². The van der Waals surface area contributed by atoms with Crippen LogP contribution in [0.4, 0.5) is 4.39 Å². The summed E-state index contributed by atoms with van der Waals surface area (Å²) in [7, 11) is 0. The summed E-state index contributed by atoms with van der Waals surface area (Å²) in [6.07, 6.45) is 6.36. The molecule has 0 aliphatic heterocycles. The van der Waals surface area contributed by atoms with Gasteiger partial charge in [-0.05, 0) is 76.3 Å². The lowest BCUT2D eigenvalue weighted by Gasteiger charge is -2.05. The van der Waals surface area contributed by atoms with Crippen LogP contribution in [0.25, 0.3) is 41.7 Å². The molecule has 1 aromatic heterocycles. The molecule has 0 atom stereocenters. The molecule has 0 saturated heterocycles. The Morgan fingerprint density at radius 2 is 1.36 bits per heavy atom. The molecule has 0 nitrogen and oxygen atoms in total. The molecule has 0 spiro atoms. The van der Waals surface area contributed by atoms with Crippen LogP contribution in [0.5, 0.6) is 0 Å². The van der Waals surface area contributed by atoms with Gasteiger partial charge >= 0.3 is 0 Å². The van der Waals surface area contributed by atoms with Gasteiger partial charge in [-0.2, -0.15) is 0 Å². The van der Waals surface area contributed by atoms with Crippen molar-refractivity contribution in [3.63, 3.8) is 0 Å². The highest BCUT2D eigenvalue weighted by atomic mass is 32.1. The second kappa shape index (κ2) is 7.18. The third-order valence-electron chi connectivity index (χ3n) is 5.73. The first-order valence-electron chi connectivity index (χ1n) is 10.2. The molecule has 0 saturated carbocycles. The SMILES string of the molecule is CCCCCCc1ccc2cc3c(cc2c1)sc1cc2ccc(F)cc2cc13. The maximum Gasteiger partial charge on any atom is 0.123 e. The zero-order valence-corrected chi connectivity index (χ0v) is 16.9. The lowest BCUT2D eigenvalue weighted by molar-refractivity contribution is 0.630. The van der Waals surface area contributed by atoms with Crippen LogP contribution in [0, 0.1) is 5.82 Å². The van der Waals surface area contributed by atoms with Crippen molar-refractivity contribution in [2.24, 2.45) is 0 Å². The summed E-state index contributed by atoms with van der Waals surface area (Å²) in [5.41, 5.74) is 1.44. The number of hydrogen-bond donors (Lipinski definition) is 0. The monoisotopic (exact) mass is 386 g/mol. The van der Waals surface area contributed by atoms with Gasteiger partial charge in [0.15, 0.2) is 0 Å². The summed E-state index contributed by atoms with van der Waals surface area (Å²) in [5, 5.41) is 7.17. The van der Waals surface area contributed by atoms with E-state index in [2.05, 4.69) is 49.4 Å². The molecular weight excluding hydrogens is 363 g/mol. The third-order valence-corrected chi connectivity index (χ3v) is 6.85. The molecule has 28 heavy (non-hydrogen) atoms. The van der Waals surface area contributed by atoms with Gasteiger partial charge in [-0.3, -0.25) is 0 Å². The summed E-state index contributed by atoms with van der Waals surface area (Å²) in [5.74, 6) is -0.177. The van der Waals surface area contributed by atoms with Crippen molar-refractivity contribution >= 4 is 53.1 Å². The molecule has 4 aromatic carbocycles. The maximum absolute atomic E-state index is 13.7. The summed E-state index contributed by atoms with van der Waals surface area (Å²) < 4.78 is 16.2. The van der Waals surface area contributed by atoms with Gasteiger partial charge in [-0.15, -0.1) is 11.3 Å². The van der Waals surface area contributed by atoms with E-state index in [1.807, 2.05) is 17.4 Å². The highest BCUT2D eigenvalue weighted by Gasteiger charge is 2.09. The number of fused-ring (bicyclic) bond motifs is 5. The van der Waals surface area contributed by atoms with Crippen molar-refractivity contribution in [2.75, 3.05) is 0 Å². The summed E-state index contributed by atoms with van der Waals surface area (Å²) >= 11 is 1.83. The maximum atomic E-state index is 13.7. The average molecular weight is 387 g/mol. The second-order valence-corrected chi connectivity index (χ2v) is 8.87. The zero-order valence-electron chi connectivity index (χ0n) is 16.1. The Labute approximate surface area is 168 Å². The molecule has 2 heteroatoms. The molecular formula is C26H23FS. The van der Waals surface area contributed by atoms with E-state index in [9.17, 15) is 4.39 Å². The third kappa shape index (κ3) is 3.16. The topological polar surface area (TPSA) is 0 Å². The molecule has 140 valence electrons. The van der Waals surface area contributed by atoms with E-state index in [-0.39, 0.29) is 5.82 Å². The van der Waals surface area contributed by atoms with Crippen LogP contribution >= 0.6 is 11.3 Å². The number of hydrogen-bond acceptors (Lipinski definition) is 1. The molecule has 0 aliphatic carbocycles. The number of benzene rings is 4. The fourth-order valence-electron chi connectivity index (χ4n) is 4.19. The van der Waals surface area contributed by atoms with E-state index in [0.29, 0.717) is 0 Å². The predicted octanol–water partition coefficient (Wildman–Crippen LogP) is 8.62. The van der Waals surface area contributed by atoms with Crippen molar-refractivity contribution in [1.29, 1.82) is 0 Å². The molecule has 0 fully saturated rings. The smallest absolute Gasteiger partial charge is 0.123 e. The van der Waals surface area contributed by atoms with E-state index in [0.717, 1.165) is 17.2 Å². The zero-order chi connectivity index (χ0) is 19.1. The first kappa shape index (κ1) is 17.6. The van der Waals surface area contributed by atoms with E-state index >= 15 is 0 Å². The van der Waals surface area contributed by atoms with Crippen LogP contribution in [-0.4, -0.2) is 0 Å². The quantitative estimate of drug-likeness (QED) is 0.265. The molecule has 0 bridgehead atoms. The normalized spacial score (nSPS) is 11.9. The highest BCUT2D eigenvalue weighted by molar-refractivity contribution is 7.26. The number of halogens is 1. The molecule has 0 N–H and O–H groups in total. The van der Waals surface area contributed by atoms with E-state index in [4.69, 9.17) is 0 Å². The Kier molecular flexibility index (Phi) is 4.52. The highest BCUT2D eigenvalue weighted by Crippen LogP contribution is 2.38. The minimum Gasteiger partial charge on any atom is -0.207 e. The lowest BCUT2D eigenvalue weighted by atomic mass is 10.00. The summed E-state index contributed by atoms with van der Waals surface area (Å²) in [6, 6.07) is 20.9. The Hall–Kier alpha value is -2.45. The fraction of sp³-hybridized carbons (Fsp3) is 0.231. The predicted molar refractivity (Wildman–Crippen MR) is 122 cm³/mol. The lowest BCUT2D eigenvalue weighted by Crippen LogP contribution is -1.86. The van der Waals surface area contributed by atoms with Crippen LogP contribution in [-0.2, 0) is 6.42 Å². The minimum absolute atomic E-state index is 0.177. The van der Waals surface area contributed by atoms with Crippen molar-refractivity contribution in [1.82, 2.24) is 0 Å². The van der Waals surface area contributed by atoms with Gasteiger partial charge in [0.05, 0.1) is 0 Å². The minimum atomic E-state index is -0.177. The molecule has 5 aromatic rings. The molecule has 1 heterocycles. The Morgan fingerprint density at radius 3 is 2.18 bits per heavy atom. The largest absolute Gasteiger partial charge is 0.207 e. The van der Waals surface area contributed by atoms with Gasteiger partial charge in [0, 0.05) is 20.2 Å². The van der Waals surface area contributed by atoms with Crippen LogP contribution in [0.3, 0.4) is 0 Å². The molecule has 0 aliphatic rings. The van der Waals surface area contributed by atoms with Crippen molar-refractivity contribution < 1.29 is 4.39 Å². The summed E-state index contributed by atoms with van der Waals surface area (Å²) in [4.78, 5) is 0. The van der Waals surface area contributed by atoms with Crippen LogP contribution in [0.2, 0.25) is 0 Å². The van der Waals surface area contributed by atoms with Gasteiger partial charge in [0.25, 0.3) is 0 Å². The molecule has 5 rings (SSSR count). The van der Waals surface area contributed by atoms with Gasteiger partial charge in [-0.1, -0.05) is 50.5 Å². The van der Waals surface area contributed by atoms with Crippen molar-refractivity contribution in [2.45, 2.75) is 39.0 Å². The Morgan fingerprint density at radius 1 is 0.679 bits per heavy atom. The van der Waals surface area contributed by atoms with E-state index < -0.39 is 0 Å². The van der Waals surface area contributed by atoms with E-state index in [1.54, 1.807) is 6.07 Å². The Balaban J connectivity index is 1.61. The number of aryl methyl sites for hydroxylation is 1. The Bertz CT molecular complexity index is 1310. The second-order valence-electron chi connectivity index (χ2n) is 7.78. The number of rotatable bonds is 5. The van der Waals surface area contributed by atoms with Crippen molar-refractivity contribution in [3.05, 3.63) is 72.0 Å². The number of thiophene rings is 1. The number of unbranched alkanes of at least 4 members (excludes halogenated alkanes) is 3. The standard InChI is InChI=1S/C26H23FS/c1-2-3-4-5-6-17-7-8-18-13-23-24-14-21-12-22(27)10-9-19(21)15-25(24)28-26(23)16-20(18)11-17/h7-16H,2-6H2,1H3. The van der Waals surface area contributed by atoms with Crippen LogP contribution in [0.1, 0.15) is 38.2 Å². The fourth-order valence-corrected chi connectivity index (χ4v) is 5.36. The molecule has 0 amide bonds. The van der Waals surface area contributed by atoms with Crippen LogP contribution < -0.4 is 0 Å². The first-order chi connectivity index (χ1) is 13.7. The molecule has 0 unspecified atom stereocenters. The first-order valence-corrected chi connectivity index (χ1v) is 11.0. The van der Waals surface area contributed by atoms with Gasteiger partial charge < -0.3 is 0 Å². The molecule has 0 radical (unpaired) electrons. The van der Waals surface area contributed by atoms with Gasteiger partial charge in [-0.25, -0.2) is 4.39 Å². The van der Waals surface area contributed by atoms with Crippen LogP contribution in [0.15, 0.2) is 60.7 Å². The summed E-state index contributed by atoms with van der Waals surface area (Å²) in [6.45, 7) is 2.26. The van der Waals surface area contributed by atoms with Gasteiger partial charge in [0.2, 0.25) is 0 Å².